The van der Waals surface area contributed by atoms with Crippen LogP contribution in [-0.4, -0.2) is 31.4 Å². The number of alkyl halides is 3. The Labute approximate surface area is 97.9 Å². The van der Waals surface area contributed by atoms with Gasteiger partial charge in [-0.05, 0) is 11.4 Å². The van der Waals surface area contributed by atoms with Crippen molar-refractivity contribution in [1.82, 2.24) is 0 Å². The molecule has 0 aliphatic carbocycles. The molecule has 1 aromatic rings. The molecule has 5 nitrogen and oxygen atoms in total. The molecule has 17 heavy (non-hydrogen) atoms. The minimum Gasteiger partial charge on any atom is -0.477 e. The summed E-state index contributed by atoms with van der Waals surface area (Å²) in [6.07, 6.45) is -4.88. The summed E-state index contributed by atoms with van der Waals surface area (Å²) in [6, 6.07) is 1.09. The number of carbonyl (C=O) groups is 1. The zero-order chi connectivity index (χ0) is 13.3. The average molecular weight is 289 g/mol. The number of hydrogen-bond acceptors (Lipinski definition) is 4. The molecule has 0 amide bonds. The van der Waals surface area contributed by atoms with E-state index in [1.54, 1.807) is 4.72 Å². The van der Waals surface area contributed by atoms with Gasteiger partial charge in [-0.15, -0.1) is 11.3 Å². The molecule has 0 atom stereocenters. The van der Waals surface area contributed by atoms with E-state index in [0.29, 0.717) is 11.3 Å². The average Bonchev–Trinajstić information content (AvgIpc) is 2.45. The topological polar surface area (TPSA) is 83.5 Å². The van der Waals surface area contributed by atoms with E-state index in [0.717, 1.165) is 6.07 Å². The fourth-order valence-corrected chi connectivity index (χ4v) is 2.73. The smallest absolute Gasteiger partial charge is 0.404 e. The Bertz CT molecular complexity index is 519. The van der Waals surface area contributed by atoms with Gasteiger partial charge >= 0.3 is 12.1 Å². The monoisotopic (exact) mass is 289 g/mol. The summed E-state index contributed by atoms with van der Waals surface area (Å²) in [6.45, 7) is 0. The lowest BCUT2D eigenvalue weighted by Crippen LogP contribution is -2.28. The SMILES string of the molecule is O=C(O)c1sccc1NS(=O)(=O)CC(F)(F)F. The summed E-state index contributed by atoms with van der Waals surface area (Å²) in [5.74, 6) is -3.47. The lowest BCUT2D eigenvalue weighted by Gasteiger charge is -2.09. The molecule has 1 heterocycles. The van der Waals surface area contributed by atoms with Gasteiger partial charge < -0.3 is 5.11 Å². The molecule has 0 bridgehead atoms. The first kappa shape index (κ1) is 13.8. The number of aromatic carboxylic acids is 1. The molecule has 0 aliphatic rings. The maximum Gasteiger partial charge on any atom is 0.404 e. The van der Waals surface area contributed by atoms with E-state index in [1.807, 2.05) is 0 Å². The Morgan fingerprint density at radius 1 is 1.47 bits per heavy atom. The fraction of sp³-hybridized carbons (Fsp3) is 0.286. The fourth-order valence-electron chi connectivity index (χ4n) is 0.974. The van der Waals surface area contributed by atoms with Crippen LogP contribution in [0.1, 0.15) is 9.67 Å². The normalized spacial score (nSPS) is 12.4. The second-order valence-corrected chi connectivity index (χ2v) is 5.58. The van der Waals surface area contributed by atoms with Crippen LogP contribution in [-0.2, 0) is 10.0 Å². The number of thiophene rings is 1. The minimum absolute atomic E-state index is 0.365. The van der Waals surface area contributed by atoms with Gasteiger partial charge in [0.2, 0.25) is 10.0 Å². The molecule has 2 N–H and O–H groups in total. The molecule has 1 aromatic heterocycles. The lowest BCUT2D eigenvalue weighted by molar-refractivity contribution is -0.106. The number of halogens is 3. The van der Waals surface area contributed by atoms with Crippen LogP contribution < -0.4 is 4.72 Å². The first-order chi connectivity index (χ1) is 7.61. The highest BCUT2D eigenvalue weighted by Crippen LogP contribution is 2.25. The van der Waals surface area contributed by atoms with Crippen molar-refractivity contribution >= 4 is 33.0 Å². The van der Waals surface area contributed by atoms with Crippen LogP contribution in [0.25, 0.3) is 0 Å². The molecule has 0 unspecified atom stereocenters. The third-order valence-electron chi connectivity index (χ3n) is 1.48. The third-order valence-corrected chi connectivity index (χ3v) is 3.62. The third kappa shape index (κ3) is 4.23. The molecule has 96 valence electrons. The summed E-state index contributed by atoms with van der Waals surface area (Å²) in [7, 11) is -4.65. The van der Waals surface area contributed by atoms with Gasteiger partial charge in [0.05, 0.1) is 5.69 Å². The zero-order valence-corrected chi connectivity index (χ0v) is 9.62. The maximum atomic E-state index is 11.9. The number of anilines is 1. The zero-order valence-electron chi connectivity index (χ0n) is 7.98. The van der Waals surface area contributed by atoms with Crippen molar-refractivity contribution in [3.8, 4) is 0 Å². The Morgan fingerprint density at radius 3 is 2.53 bits per heavy atom. The van der Waals surface area contributed by atoms with Crippen LogP contribution in [0.2, 0.25) is 0 Å². The van der Waals surface area contributed by atoms with Crippen LogP contribution in [0.15, 0.2) is 11.4 Å². The molecule has 0 aliphatic heterocycles. The predicted molar refractivity (Wildman–Crippen MR) is 54.7 cm³/mol. The largest absolute Gasteiger partial charge is 0.477 e. The van der Waals surface area contributed by atoms with E-state index < -0.39 is 27.9 Å². The van der Waals surface area contributed by atoms with Gasteiger partial charge in [-0.1, -0.05) is 0 Å². The maximum absolute atomic E-state index is 11.9. The first-order valence-electron chi connectivity index (χ1n) is 3.99. The Morgan fingerprint density at radius 2 is 2.06 bits per heavy atom. The molecule has 0 spiro atoms. The number of carboxylic acid groups (broad SMARTS) is 1. The van der Waals surface area contributed by atoms with Gasteiger partial charge in [0.25, 0.3) is 0 Å². The van der Waals surface area contributed by atoms with Gasteiger partial charge in [0.15, 0.2) is 5.75 Å². The van der Waals surface area contributed by atoms with Crippen molar-refractivity contribution < 1.29 is 31.5 Å². The summed E-state index contributed by atoms with van der Waals surface area (Å²) < 4.78 is 59.4. The van der Waals surface area contributed by atoms with Crippen LogP contribution >= 0.6 is 11.3 Å². The van der Waals surface area contributed by atoms with Gasteiger partial charge in [-0.2, -0.15) is 13.2 Å². The number of nitrogens with one attached hydrogen (secondary N) is 1. The van der Waals surface area contributed by atoms with Crippen molar-refractivity contribution in [1.29, 1.82) is 0 Å². The Kier molecular flexibility index (Phi) is 3.67. The van der Waals surface area contributed by atoms with Gasteiger partial charge in [-0.3, -0.25) is 4.72 Å². The predicted octanol–water partition coefficient (Wildman–Crippen LogP) is 1.75. The number of sulfonamides is 1. The van der Waals surface area contributed by atoms with Crippen molar-refractivity contribution in [3.05, 3.63) is 16.3 Å². The van der Waals surface area contributed by atoms with Gasteiger partial charge in [0, 0.05) is 0 Å². The Hall–Kier alpha value is -1.29. The highest BCUT2D eigenvalue weighted by Gasteiger charge is 2.35. The van der Waals surface area contributed by atoms with E-state index in [4.69, 9.17) is 5.11 Å². The van der Waals surface area contributed by atoms with Crippen LogP contribution in [0.5, 0.6) is 0 Å². The first-order valence-corrected chi connectivity index (χ1v) is 6.52. The molecule has 1 rings (SSSR count). The highest BCUT2D eigenvalue weighted by atomic mass is 32.2. The van der Waals surface area contributed by atoms with Crippen molar-refractivity contribution in [2.45, 2.75) is 6.18 Å². The molecule has 0 radical (unpaired) electrons. The standard InChI is InChI=1S/C7H6F3NO4S2/c8-7(9,10)3-17(14,15)11-4-1-2-16-5(4)6(12)13/h1-2,11H,3H2,(H,12,13). The van der Waals surface area contributed by atoms with E-state index in [9.17, 15) is 26.4 Å². The number of rotatable bonds is 4. The quantitative estimate of drug-likeness (QED) is 0.884. The number of hydrogen-bond donors (Lipinski definition) is 2. The lowest BCUT2D eigenvalue weighted by atomic mass is 10.4. The molecular formula is C7H6F3NO4S2. The van der Waals surface area contributed by atoms with Gasteiger partial charge in [-0.25, -0.2) is 13.2 Å². The summed E-state index contributed by atoms with van der Waals surface area (Å²) in [4.78, 5) is 10.2. The summed E-state index contributed by atoms with van der Waals surface area (Å²) in [5.41, 5.74) is -0.369. The van der Waals surface area contributed by atoms with Crippen molar-refractivity contribution in [2.75, 3.05) is 10.5 Å². The Balaban J connectivity index is 2.91. The molecule has 10 heteroatoms. The minimum atomic E-state index is -4.88. The summed E-state index contributed by atoms with van der Waals surface area (Å²) in [5, 5.41) is 9.90. The molecule has 0 saturated carbocycles. The van der Waals surface area contributed by atoms with Crippen LogP contribution in [0.3, 0.4) is 0 Å². The molecular weight excluding hydrogens is 283 g/mol. The molecule has 0 saturated heterocycles. The van der Waals surface area contributed by atoms with E-state index >= 15 is 0 Å². The second-order valence-electron chi connectivity index (χ2n) is 2.94. The van der Waals surface area contributed by atoms with E-state index in [-0.39, 0.29) is 10.6 Å². The summed E-state index contributed by atoms with van der Waals surface area (Å²) >= 11 is 0.709. The molecule has 0 aromatic carbocycles. The number of carboxylic acids is 1. The van der Waals surface area contributed by atoms with Crippen molar-refractivity contribution in [3.63, 3.8) is 0 Å². The van der Waals surface area contributed by atoms with E-state index in [1.165, 1.54) is 5.38 Å². The van der Waals surface area contributed by atoms with E-state index in [2.05, 4.69) is 0 Å². The molecule has 0 fully saturated rings. The van der Waals surface area contributed by atoms with Crippen molar-refractivity contribution in [2.24, 2.45) is 0 Å². The van der Waals surface area contributed by atoms with Crippen LogP contribution in [0.4, 0.5) is 18.9 Å². The second kappa shape index (κ2) is 4.53. The van der Waals surface area contributed by atoms with Crippen LogP contribution in [0, 0.1) is 0 Å². The van der Waals surface area contributed by atoms with Gasteiger partial charge in [0.1, 0.15) is 4.88 Å². The highest BCUT2D eigenvalue weighted by molar-refractivity contribution is 7.92.